The van der Waals surface area contributed by atoms with Gasteiger partial charge in [-0.05, 0) is 42.0 Å². The molecule has 0 saturated carbocycles. The lowest BCUT2D eigenvalue weighted by Crippen LogP contribution is -2.18. The summed E-state index contributed by atoms with van der Waals surface area (Å²) in [6, 6.07) is 13.9. The number of rotatable bonds is 5. The van der Waals surface area contributed by atoms with Crippen LogP contribution in [-0.4, -0.2) is 39.3 Å². The van der Waals surface area contributed by atoms with Crippen molar-refractivity contribution in [2.24, 2.45) is 5.10 Å². The number of hydrogen-bond acceptors (Lipinski definition) is 5. The van der Waals surface area contributed by atoms with E-state index < -0.39 is 5.97 Å². The first kappa shape index (κ1) is 17.2. The van der Waals surface area contributed by atoms with Crippen molar-refractivity contribution < 1.29 is 14.3 Å². The normalized spacial score (nSPS) is 10.5. The van der Waals surface area contributed by atoms with Gasteiger partial charge in [-0.15, -0.1) is 0 Å². The van der Waals surface area contributed by atoms with E-state index in [1.165, 1.54) is 13.3 Å². The summed E-state index contributed by atoms with van der Waals surface area (Å²) in [5.74, 6) is -0.685. The molecule has 0 bridgehead atoms. The summed E-state index contributed by atoms with van der Waals surface area (Å²) in [6.07, 6.45) is 1.51. The van der Waals surface area contributed by atoms with Crippen LogP contribution < -0.4 is 10.3 Å². The van der Waals surface area contributed by atoms with Gasteiger partial charge < -0.3 is 9.64 Å². The van der Waals surface area contributed by atoms with Crippen molar-refractivity contribution in [3.63, 3.8) is 0 Å². The number of esters is 1. The number of methoxy groups -OCH3 is 1. The van der Waals surface area contributed by atoms with Crippen molar-refractivity contribution in [2.45, 2.75) is 0 Å². The van der Waals surface area contributed by atoms with Crippen LogP contribution in [0.25, 0.3) is 0 Å². The van der Waals surface area contributed by atoms with Crippen LogP contribution in [0.3, 0.4) is 0 Å². The highest BCUT2D eigenvalue weighted by Gasteiger charge is 2.05. The monoisotopic (exact) mass is 325 g/mol. The highest BCUT2D eigenvalue weighted by molar-refractivity contribution is 5.95. The first-order chi connectivity index (χ1) is 11.5. The van der Waals surface area contributed by atoms with E-state index in [0.29, 0.717) is 11.1 Å². The smallest absolute Gasteiger partial charge is 0.337 e. The second kappa shape index (κ2) is 7.92. The third-order valence-corrected chi connectivity index (χ3v) is 3.36. The number of amides is 1. The fraction of sp³-hybridized carbons (Fsp3) is 0.167. The van der Waals surface area contributed by atoms with Crippen LogP contribution in [-0.2, 0) is 4.74 Å². The molecule has 0 fully saturated rings. The van der Waals surface area contributed by atoms with Gasteiger partial charge in [-0.3, -0.25) is 4.79 Å². The Morgan fingerprint density at radius 1 is 1.00 bits per heavy atom. The molecule has 0 atom stereocenters. The Balaban J connectivity index is 1.95. The number of ether oxygens (including phenoxy) is 1. The first-order valence-electron chi connectivity index (χ1n) is 7.30. The third-order valence-electron chi connectivity index (χ3n) is 3.36. The molecule has 0 radical (unpaired) electrons. The van der Waals surface area contributed by atoms with Gasteiger partial charge in [-0.25, -0.2) is 10.2 Å². The van der Waals surface area contributed by atoms with E-state index in [1.54, 1.807) is 36.4 Å². The summed E-state index contributed by atoms with van der Waals surface area (Å²) in [7, 11) is 5.20. The molecule has 0 aliphatic heterocycles. The van der Waals surface area contributed by atoms with E-state index in [1.807, 2.05) is 31.1 Å². The SMILES string of the molecule is COC(=O)c1ccc(/C=N\NC(=O)c2ccc(N(C)C)cc2)cc1. The van der Waals surface area contributed by atoms with E-state index in [9.17, 15) is 9.59 Å². The summed E-state index contributed by atoms with van der Waals surface area (Å²) < 4.78 is 4.63. The summed E-state index contributed by atoms with van der Waals surface area (Å²) in [4.78, 5) is 25.3. The molecule has 124 valence electrons. The molecule has 0 aromatic heterocycles. The molecule has 0 saturated heterocycles. The molecule has 0 heterocycles. The molecule has 0 aliphatic rings. The number of carbonyl (C=O) groups excluding carboxylic acids is 2. The number of nitrogens with one attached hydrogen (secondary N) is 1. The molecule has 24 heavy (non-hydrogen) atoms. The van der Waals surface area contributed by atoms with E-state index in [4.69, 9.17) is 0 Å². The molecule has 1 N–H and O–H groups in total. The minimum absolute atomic E-state index is 0.289. The fourth-order valence-corrected chi connectivity index (χ4v) is 1.96. The quantitative estimate of drug-likeness (QED) is 0.520. The van der Waals surface area contributed by atoms with Crippen molar-refractivity contribution in [1.82, 2.24) is 5.43 Å². The van der Waals surface area contributed by atoms with Gasteiger partial charge in [0.1, 0.15) is 0 Å². The Kier molecular flexibility index (Phi) is 5.68. The molecule has 2 aromatic rings. The van der Waals surface area contributed by atoms with Gasteiger partial charge in [0.05, 0.1) is 18.9 Å². The van der Waals surface area contributed by atoms with Gasteiger partial charge in [-0.2, -0.15) is 5.10 Å². The Bertz CT molecular complexity index is 735. The van der Waals surface area contributed by atoms with Crippen molar-refractivity contribution in [2.75, 3.05) is 26.1 Å². The molecular weight excluding hydrogens is 306 g/mol. The van der Waals surface area contributed by atoms with Gasteiger partial charge in [0.25, 0.3) is 5.91 Å². The van der Waals surface area contributed by atoms with Crippen LogP contribution in [0.1, 0.15) is 26.3 Å². The maximum atomic E-state index is 12.0. The molecular formula is C18H19N3O3. The van der Waals surface area contributed by atoms with Crippen molar-refractivity contribution >= 4 is 23.8 Å². The Morgan fingerprint density at radius 3 is 2.12 bits per heavy atom. The van der Waals surface area contributed by atoms with Crippen LogP contribution in [0.15, 0.2) is 53.6 Å². The molecule has 6 nitrogen and oxygen atoms in total. The van der Waals surface area contributed by atoms with E-state index >= 15 is 0 Å². The zero-order chi connectivity index (χ0) is 17.5. The minimum atomic E-state index is -0.395. The number of carbonyl (C=O) groups is 2. The van der Waals surface area contributed by atoms with Gasteiger partial charge in [0.2, 0.25) is 0 Å². The second-order valence-electron chi connectivity index (χ2n) is 5.25. The lowest BCUT2D eigenvalue weighted by Gasteiger charge is -2.12. The topological polar surface area (TPSA) is 71.0 Å². The van der Waals surface area contributed by atoms with Gasteiger partial charge >= 0.3 is 5.97 Å². The number of hydrazone groups is 1. The zero-order valence-corrected chi connectivity index (χ0v) is 13.8. The fourth-order valence-electron chi connectivity index (χ4n) is 1.96. The molecule has 2 aromatic carbocycles. The maximum absolute atomic E-state index is 12.0. The first-order valence-corrected chi connectivity index (χ1v) is 7.30. The van der Waals surface area contributed by atoms with Crippen molar-refractivity contribution in [1.29, 1.82) is 0 Å². The molecule has 2 rings (SSSR count). The van der Waals surface area contributed by atoms with Gasteiger partial charge in [0.15, 0.2) is 0 Å². The van der Waals surface area contributed by atoms with Crippen LogP contribution in [0.2, 0.25) is 0 Å². The van der Waals surface area contributed by atoms with Crippen LogP contribution >= 0.6 is 0 Å². The minimum Gasteiger partial charge on any atom is -0.465 e. The number of nitrogens with zero attached hydrogens (tertiary/aromatic N) is 2. The summed E-state index contributed by atoms with van der Waals surface area (Å²) in [5.41, 5.74) is 5.22. The molecule has 1 amide bonds. The summed E-state index contributed by atoms with van der Waals surface area (Å²) >= 11 is 0. The van der Waals surface area contributed by atoms with Crippen LogP contribution in [0.5, 0.6) is 0 Å². The Morgan fingerprint density at radius 2 is 1.58 bits per heavy atom. The maximum Gasteiger partial charge on any atom is 0.337 e. The van der Waals surface area contributed by atoms with Crippen molar-refractivity contribution in [3.05, 3.63) is 65.2 Å². The lowest BCUT2D eigenvalue weighted by atomic mass is 10.1. The number of benzene rings is 2. The highest BCUT2D eigenvalue weighted by atomic mass is 16.5. The molecule has 6 heteroatoms. The predicted molar refractivity (Wildman–Crippen MR) is 93.6 cm³/mol. The predicted octanol–water partition coefficient (Wildman–Crippen LogP) is 2.30. The molecule has 0 unspecified atom stereocenters. The molecule has 0 aliphatic carbocycles. The lowest BCUT2D eigenvalue weighted by molar-refractivity contribution is 0.0600. The zero-order valence-electron chi connectivity index (χ0n) is 13.8. The van der Waals surface area contributed by atoms with E-state index in [2.05, 4.69) is 15.3 Å². The van der Waals surface area contributed by atoms with Gasteiger partial charge in [0, 0.05) is 25.3 Å². The Labute approximate surface area is 140 Å². The summed E-state index contributed by atoms with van der Waals surface area (Å²) in [6.45, 7) is 0. The third kappa shape index (κ3) is 4.42. The molecule has 0 spiro atoms. The van der Waals surface area contributed by atoms with E-state index in [0.717, 1.165) is 11.3 Å². The number of anilines is 1. The largest absolute Gasteiger partial charge is 0.465 e. The highest BCUT2D eigenvalue weighted by Crippen LogP contribution is 2.12. The van der Waals surface area contributed by atoms with Crippen LogP contribution in [0.4, 0.5) is 5.69 Å². The number of hydrogen-bond donors (Lipinski definition) is 1. The average Bonchev–Trinajstić information content (AvgIpc) is 2.61. The average molecular weight is 325 g/mol. The van der Waals surface area contributed by atoms with E-state index in [-0.39, 0.29) is 5.91 Å². The van der Waals surface area contributed by atoms with Crippen LogP contribution in [0, 0.1) is 0 Å². The van der Waals surface area contributed by atoms with Gasteiger partial charge in [-0.1, -0.05) is 12.1 Å². The van der Waals surface area contributed by atoms with Crippen molar-refractivity contribution in [3.8, 4) is 0 Å². The second-order valence-corrected chi connectivity index (χ2v) is 5.25. The Hall–Kier alpha value is -3.15. The standard InChI is InChI=1S/C18H19N3O3/c1-21(2)16-10-8-14(9-11-16)17(22)20-19-12-13-4-6-15(7-5-13)18(23)24-3/h4-12H,1-3H3,(H,20,22)/b19-12-. The summed E-state index contributed by atoms with van der Waals surface area (Å²) in [5, 5.41) is 3.92.